The summed E-state index contributed by atoms with van der Waals surface area (Å²) in [6.07, 6.45) is 3.34. The van der Waals surface area contributed by atoms with Crippen molar-refractivity contribution in [3.63, 3.8) is 0 Å². The van der Waals surface area contributed by atoms with Crippen molar-refractivity contribution in [1.29, 1.82) is 0 Å². The summed E-state index contributed by atoms with van der Waals surface area (Å²) in [6.45, 7) is 6.44. The van der Waals surface area contributed by atoms with Crippen LogP contribution in [0.3, 0.4) is 0 Å². The van der Waals surface area contributed by atoms with E-state index in [2.05, 4.69) is 41.3 Å². The third-order valence-electron chi connectivity index (χ3n) is 5.02. The van der Waals surface area contributed by atoms with Crippen molar-refractivity contribution in [3.05, 3.63) is 84.4 Å². The molecular weight excluding hydrogens is 437 g/mol. The van der Waals surface area contributed by atoms with Crippen LogP contribution in [0, 0.1) is 5.82 Å². The summed E-state index contributed by atoms with van der Waals surface area (Å²) in [4.78, 5) is 16.6. The number of benzene rings is 2. The Morgan fingerprint density at radius 1 is 0.970 bits per heavy atom. The molecule has 0 aliphatic rings. The van der Waals surface area contributed by atoms with Crippen molar-refractivity contribution >= 4 is 23.4 Å². The quantitative estimate of drug-likeness (QED) is 0.384. The number of rotatable bonds is 6. The molecule has 6 nitrogen and oxygen atoms in total. The van der Waals surface area contributed by atoms with Gasteiger partial charge >= 0.3 is 0 Å². The van der Waals surface area contributed by atoms with Crippen LogP contribution in [0.1, 0.15) is 26.3 Å². The number of anilines is 1. The fourth-order valence-electron chi connectivity index (χ4n) is 3.26. The van der Waals surface area contributed by atoms with E-state index >= 15 is 0 Å². The van der Waals surface area contributed by atoms with Gasteiger partial charge in [-0.25, -0.2) is 4.39 Å². The van der Waals surface area contributed by atoms with E-state index < -0.39 is 0 Å². The predicted molar refractivity (Wildman–Crippen MR) is 129 cm³/mol. The Morgan fingerprint density at radius 3 is 2.27 bits per heavy atom. The highest BCUT2D eigenvalue weighted by molar-refractivity contribution is 7.99. The molecule has 2 aromatic heterocycles. The van der Waals surface area contributed by atoms with Gasteiger partial charge in [-0.05, 0) is 59.5 Å². The Bertz CT molecular complexity index is 1230. The molecule has 0 aliphatic heterocycles. The molecule has 0 atom stereocenters. The predicted octanol–water partition coefficient (Wildman–Crippen LogP) is 5.50. The summed E-state index contributed by atoms with van der Waals surface area (Å²) < 4.78 is 15.3. The minimum atomic E-state index is -0.330. The highest BCUT2D eigenvalue weighted by atomic mass is 32.2. The Morgan fingerprint density at radius 2 is 1.64 bits per heavy atom. The highest BCUT2D eigenvalue weighted by Gasteiger charge is 2.18. The standard InChI is InChI=1S/C25H24FN5OS/c1-25(2,3)18-4-8-20(9-5-18)28-22(32)16-33-24-30-29-23(17-12-14-27-15-13-17)31(24)21-10-6-19(26)7-11-21/h4-15H,16H2,1-3H3,(H,28,32). The number of hydrogen-bond donors (Lipinski definition) is 1. The minimum Gasteiger partial charge on any atom is -0.325 e. The number of halogens is 1. The number of amides is 1. The monoisotopic (exact) mass is 461 g/mol. The fraction of sp³-hybridized carbons (Fsp3) is 0.200. The van der Waals surface area contributed by atoms with Crippen LogP contribution in [-0.2, 0) is 10.2 Å². The summed E-state index contributed by atoms with van der Waals surface area (Å²) in [5.74, 6) is 0.257. The maximum absolute atomic E-state index is 13.5. The van der Waals surface area contributed by atoms with Gasteiger partial charge in [-0.3, -0.25) is 14.3 Å². The average molecular weight is 462 g/mol. The summed E-state index contributed by atoms with van der Waals surface area (Å²) >= 11 is 1.26. The van der Waals surface area contributed by atoms with Crippen LogP contribution in [0.5, 0.6) is 0 Å². The molecule has 4 rings (SSSR count). The Kier molecular flexibility index (Phi) is 6.55. The first-order valence-corrected chi connectivity index (χ1v) is 11.4. The van der Waals surface area contributed by atoms with Crippen LogP contribution in [0.4, 0.5) is 10.1 Å². The van der Waals surface area contributed by atoms with E-state index in [9.17, 15) is 9.18 Å². The lowest BCUT2D eigenvalue weighted by atomic mass is 9.87. The van der Waals surface area contributed by atoms with Crippen LogP contribution in [0.25, 0.3) is 17.1 Å². The van der Waals surface area contributed by atoms with Crippen molar-refractivity contribution < 1.29 is 9.18 Å². The number of thioether (sulfide) groups is 1. The maximum Gasteiger partial charge on any atom is 0.234 e. The van der Waals surface area contributed by atoms with Crippen molar-refractivity contribution in [3.8, 4) is 17.1 Å². The van der Waals surface area contributed by atoms with E-state index in [1.165, 1.54) is 29.5 Å². The van der Waals surface area contributed by atoms with Gasteiger partial charge in [-0.2, -0.15) is 0 Å². The van der Waals surface area contributed by atoms with E-state index in [4.69, 9.17) is 0 Å². The number of hydrogen-bond acceptors (Lipinski definition) is 5. The average Bonchev–Trinajstić information content (AvgIpc) is 3.22. The molecule has 0 bridgehead atoms. The van der Waals surface area contributed by atoms with E-state index in [0.717, 1.165) is 11.3 Å². The molecule has 1 N–H and O–H groups in total. The van der Waals surface area contributed by atoms with Gasteiger partial charge in [0.15, 0.2) is 11.0 Å². The second kappa shape index (κ2) is 9.54. The van der Waals surface area contributed by atoms with Gasteiger partial charge in [0, 0.05) is 29.3 Å². The zero-order valence-electron chi connectivity index (χ0n) is 18.6. The molecule has 0 fully saturated rings. The molecule has 2 aromatic carbocycles. The first-order valence-electron chi connectivity index (χ1n) is 10.5. The molecule has 0 unspecified atom stereocenters. The van der Waals surface area contributed by atoms with Gasteiger partial charge in [0.2, 0.25) is 5.91 Å². The number of aromatic nitrogens is 4. The van der Waals surface area contributed by atoms with Crippen LogP contribution in [-0.4, -0.2) is 31.4 Å². The molecule has 1 amide bonds. The van der Waals surface area contributed by atoms with E-state index in [1.807, 2.05) is 41.0 Å². The van der Waals surface area contributed by atoms with Gasteiger partial charge in [-0.15, -0.1) is 10.2 Å². The van der Waals surface area contributed by atoms with Crippen molar-refractivity contribution in [1.82, 2.24) is 19.7 Å². The molecule has 0 saturated heterocycles. The zero-order valence-corrected chi connectivity index (χ0v) is 19.4. The van der Waals surface area contributed by atoms with Crippen LogP contribution in [0.15, 0.2) is 78.2 Å². The number of nitrogens with zero attached hydrogens (tertiary/aromatic N) is 4. The number of carbonyl (C=O) groups is 1. The minimum absolute atomic E-state index is 0.0509. The first kappa shape index (κ1) is 22.7. The first-order chi connectivity index (χ1) is 15.8. The maximum atomic E-state index is 13.5. The third kappa shape index (κ3) is 5.46. The van der Waals surface area contributed by atoms with Gasteiger partial charge in [0.25, 0.3) is 0 Å². The Labute approximate surface area is 196 Å². The number of carbonyl (C=O) groups excluding carboxylic acids is 1. The normalized spacial score (nSPS) is 11.4. The molecule has 2 heterocycles. The molecule has 0 aliphatic carbocycles. The second-order valence-corrected chi connectivity index (χ2v) is 9.46. The fourth-order valence-corrected chi connectivity index (χ4v) is 4.01. The molecule has 4 aromatic rings. The van der Waals surface area contributed by atoms with E-state index in [1.54, 1.807) is 24.5 Å². The molecule has 0 radical (unpaired) electrons. The van der Waals surface area contributed by atoms with Crippen LogP contribution < -0.4 is 5.32 Å². The topological polar surface area (TPSA) is 72.7 Å². The largest absolute Gasteiger partial charge is 0.325 e. The molecule has 0 saturated carbocycles. The summed E-state index contributed by atoms with van der Waals surface area (Å²) in [5, 5.41) is 12.1. The number of pyridine rings is 1. The van der Waals surface area contributed by atoms with Gasteiger partial charge < -0.3 is 5.32 Å². The lowest BCUT2D eigenvalue weighted by Crippen LogP contribution is -2.15. The molecule has 168 valence electrons. The van der Waals surface area contributed by atoms with Gasteiger partial charge in [0.05, 0.1) is 5.75 Å². The number of nitrogens with one attached hydrogen (secondary N) is 1. The van der Waals surface area contributed by atoms with Crippen LogP contribution in [0.2, 0.25) is 0 Å². The summed E-state index contributed by atoms with van der Waals surface area (Å²) in [7, 11) is 0. The van der Waals surface area contributed by atoms with Crippen molar-refractivity contribution in [2.45, 2.75) is 31.3 Å². The van der Waals surface area contributed by atoms with E-state index in [-0.39, 0.29) is 22.9 Å². The SMILES string of the molecule is CC(C)(C)c1ccc(NC(=O)CSc2nnc(-c3ccncc3)n2-c2ccc(F)cc2)cc1. The van der Waals surface area contributed by atoms with Gasteiger partial charge in [0.1, 0.15) is 5.82 Å². The summed E-state index contributed by atoms with van der Waals surface area (Å²) in [5.41, 5.74) is 3.51. The van der Waals surface area contributed by atoms with Crippen molar-refractivity contribution in [2.24, 2.45) is 0 Å². The Hall–Kier alpha value is -3.52. The second-order valence-electron chi connectivity index (χ2n) is 8.52. The lowest BCUT2D eigenvalue weighted by Gasteiger charge is -2.19. The van der Waals surface area contributed by atoms with E-state index in [0.29, 0.717) is 16.7 Å². The van der Waals surface area contributed by atoms with Crippen molar-refractivity contribution in [2.75, 3.05) is 11.1 Å². The lowest BCUT2D eigenvalue weighted by molar-refractivity contribution is -0.113. The van der Waals surface area contributed by atoms with Gasteiger partial charge in [-0.1, -0.05) is 44.7 Å². The smallest absolute Gasteiger partial charge is 0.234 e. The molecular formula is C25H24FN5OS. The molecule has 33 heavy (non-hydrogen) atoms. The highest BCUT2D eigenvalue weighted by Crippen LogP contribution is 2.28. The molecule has 8 heteroatoms. The Balaban J connectivity index is 1.52. The third-order valence-corrected chi connectivity index (χ3v) is 5.95. The molecule has 0 spiro atoms. The zero-order chi connectivity index (χ0) is 23.4. The van der Waals surface area contributed by atoms with Crippen LogP contribution >= 0.6 is 11.8 Å². The summed E-state index contributed by atoms with van der Waals surface area (Å²) in [6, 6.07) is 17.6.